The van der Waals surface area contributed by atoms with E-state index in [2.05, 4.69) is 31.3 Å². The maximum Gasteiger partial charge on any atom is 0.124 e. The van der Waals surface area contributed by atoms with E-state index in [0.29, 0.717) is 6.04 Å². The molecule has 2 aromatic carbocycles. The summed E-state index contributed by atoms with van der Waals surface area (Å²) in [7, 11) is 0. The highest BCUT2D eigenvalue weighted by Gasteiger charge is 2.05. The normalized spacial score (nSPS) is 10.9. The van der Waals surface area contributed by atoms with Gasteiger partial charge in [-0.25, -0.2) is 4.39 Å². The first kappa shape index (κ1) is 14.1. The number of benzene rings is 2. The van der Waals surface area contributed by atoms with Crippen molar-refractivity contribution in [3.63, 3.8) is 0 Å². The van der Waals surface area contributed by atoms with Gasteiger partial charge in [0, 0.05) is 22.4 Å². The van der Waals surface area contributed by atoms with E-state index in [4.69, 9.17) is 0 Å². The Morgan fingerprint density at radius 3 is 2.63 bits per heavy atom. The van der Waals surface area contributed by atoms with Gasteiger partial charge in [-0.3, -0.25) is 0 Å². The van der Waals surface area contributed by atoms with Crippen molar-refractivity contribution in [3.05, 3.63) is 59.9 Å². The highest BCUT2D eigenvalue weighted by molar-refractivity contribution is 7.99. The lowest BCUT2D eigenvalue weighted by Gasteiger charge is -2.12. The van der Waals surface area contributed by atoms with Crippen LogP contribution < -0.4 is 5.32 Å². The van der Waals surface area contributed by atoms with Crippen molar-refractivity contribution in [2.45, 2.75) is 36.2 Å². The van der Waals surface area contributed by atoms with Crippen molar-refractivity contribution < 1.29 is 4.39 Å². The second-order valence-electron chi connectivity index (χ2n) is 4.70. The average molecular weight is 275 g/mol. The molecule has 0 heterocycles. The minimum Gasteiger partial charge on any atom is -0.310 e. The topological polar surface area (TPSA) is 12.0 Å². The molecule has 0 aromatic heterocycles. The molecular weight excluding hydrogens is 257 g/mol. The van der Waals surface area contributed by atoms with Crippen molar-refractivity contribution in [3.8, 4) is 0 Å². The summed E-state index contributed by atoms with van der Waals surface area (Å²) in [6, 6.07) is 15.4. The lowest BCUT2D eigenvalue weighted by molar-refractivity contribution is 0.585. The summed E-state index contributed by atoms with van der Waals surface area (Å²) in [5, 5.41) is 3.41. The first-order chi connectivity index (χ1) is 9.15. The molecular formula is C16H18FNS. The molecule has 3 heteroatoms. The summed E-state index contributed by atoms with van der Waals surface area (Å²) >= 11 is 1.60. The molecule has 0 radical (unpaired) electrons. The van der Waals surface area contributed by atoms with Gasteiger partial charge in [0.1, 0.15) is 5.82 Å². The van der Waals surface area contributed by atoms with Crippen LogP contribution in [0.4, 0.5) is 4.39 Å². The van der Waals surface area contributed by atoms with Crippen LogP contribution in [-0.2, 0) is 6.54 Å². The number of hydrogen-bond acceptors (Lipinski definition) is 2. The number of nitrogens with one attached hydrogen (secondary N) is 1. The SMILES string of the molecule is CC(C)NCc1ccccc1Sc1cccc(F)c1. The molecule has 0 saturated carbocycles. The van der Waals surface area contributed by atoms with E-state index >= 15 is 0 Å². The van der Waals surface area contributed by atoms with Crippen molar-refractivity contribution in [1.82, 2.24) is 5.32 Å². The molecule has 0 amide bonds. The molecule has 2 rings (SSSR count). The third-order valence-corrected chi connectivity index (χ3v) is 3.81. The van der Waals surface area contributed by atoms with Crippen LogP contribution in [0.1, 0.15) is 19.4 Å². The van der Waals surface area contributed by atoms with Crippen LogP contribution in [-0.4, -0.2) is 6.04 Å². The fourth-order valence-electron chi connectivity index (χ4n) is 1.72. The molecule has 100 valence electrons. The maximum absolute atomic E-state index is 13.2. The molecule has 0 saturated heterocycles. The van der Waals surface area contributed by atoms with Crippen molar-refractivity contribution in [2.75, 3.05) is 0 Å². The molecule has 0 bridgehead atoms. The second kappa shape index (κ2) is 6.73. The van der Waals surface area contributed by atoms with Crippen LogP contribution >= 0.6 is 11.8 Å². The summed E-state index contributed by atoms with van der Waals surface area (Å²) in [6.45, 7) is 5.08. The van der Waals surface area contributed by atoms with E-state index in [1.807, 2.05) is 18.2 Å². The molecule has 0 unspecified atom stereocenters. The van der Waals surface area contributed by atoms with Gasteiger partial charge in [-0.1, -0.05) is 49.9 Å². The molecule has 1 N–H and O–H groups in total. The Labute approximate surface area is 118 Å². The largest absolute Gasteiger partial charge is 0.310 e. The molecule has 0 aliphatic carbocycles. The summed E-state index contributed by atoms with van der Waals surface area (Å²) in [5.74, 6) is -0.192. The van der Waals surface area contributed by atoms with Crippen molar-refractivity contribution in [2.24, 2.45) is 0 Å². The predicted octanol–water partition coefficient (Wildman–Crippen LogP) is 4.47. The van der Waals surface area contributed by atoms with Crippen LogP contribution in [0.5, 0.6) is 0 Å². The number of halogens is 1. The van der Waals surface area contributed by atoms with Gasteiger partial charge in [0.05, 0.1) is 0 Å². The minimum atomic E-state index is -0.192. The number of hydrogen-bond donors (Lipinski definition) is 1. The van der Waals surface area contributed by atoms with E-state index in [0.717, 1.165) is 11.4 Å². The zero-order valence-electron chi connectivity index (χ0n) is 11.2. The highest BCUT2D eigenvalue weighted by Crippen LogP contribution is 2.30. The lowest BCUT2D eigenvalue weighted by atomic mass is 10.2. The Morgan fingerprint density at radius 1 is 1.11 bits per heavy atom. The maximum atomic E-state index is 13.2. The van der Waals surface area contributed by atoms with Crippen LogP contribution in [0, 0.1) is 5.82 Å². The summed E-state index contributed by atoms with van der Waals surface area (Å²) in [4.78, 5) is 2.10. The molecule has 2 aromatic rings. The Balaban J connectivity index is 2.15. The van der Waals surface area contributed by atoms with E-state index in [1.165, 1.54) is 16.5 Å². The van der Waals surface area contributed by atoms with Gasteiger partial charge >= 0.3 is 0 Å². The lowest BCUT2D eigenvalue weighted by Crippen LogP contribution is -2.22. The molecule has 0 aliphatic rings. The fraction of sp³-hybridized carbons (Fsp3) is 0.250. The van der Waals surface area contributed by atoms with Gasteiger partial charge in [-0.05, 0) is 29.8 Å². The van der Waals surface area contributed by atoms with Gasteiger partial charge in [0.25, 0.3) is 0 Å². The quantitative estimate of drug-likeness (QED) is 0.863. The molecule has 1 nitrogen and oxygen atoms in total. The van der Waals surface area contributed by atoms with Gasteiger partial charge in [0.15, 0.2) is 0 Å². The first-order valence-corrected chi connectivity index (χ1v) is 7.21. The molecule has 0 aliphatic heterocycles. The Morgan fingerprint density at radius 2 is 1.89 bits per heavy atom. The summed E-state index contributed by atoms with van der Waals surface area (Å²) in [6.07, 6.45) is 0. The molecule has 0 fully saturated rings. The van der Waals surface area contributed by atoms with Crippen molar-refractivity contribution >= 4 is 11.8 Å². The second-order valence-corrected chi connectivity index (χ2v) is 5.82. The van der Waals surface area contributed by atoms with Gasteiger partial charge in [0.2, 0.25) is 0 Å². The third kappa shape index (κ3) is 4.37. The standard InChI is InChI=1S/C16H18FNS/c1-12(2)18-11-13-6-3-4-9-16(13)19-15-8-5-7-14(17)10-15/h3-10,12,18H,11H2,1-2H3. The van der Waals surface area contributed by atoms with Crippen LogP contribution in [0.2, 0.25) is 0 Å². The van der Waals surface area contributed by atoms with Gasteiger partial charge in [-0.15, -0.1) is 0 Å². The van der Waals surface area contributed by atoms with Crippen LogP contribution in [0.15, 0.2) is 58.3 Å². The summed E-state index contributed by atoms with van der Waals surface area (Å²) in [5.41, 5.74) is 1.24. The average Bonchev–Trinajstić information content (AvgIpc) is 2.38. The fourth-order valence-corrected chi connectivity index (χ4v) is 2.71. The zero-order valence-corrected chi connectivity index (χ0v) is 12.0. The minimum absolute atomic E-state index is 0.192. The number of rotatable bonds is 5. The van der Waals surface area contributed by atoms with Crippen LogP contribution in [0.3, 0.4) is 0 Å². The molecule has 0 atom stereocenters. The van der Waals surface area contributed by atoms with Crippen LogP contribution in [0.25, 0.3) is 0 Å². The highest BCUT2D eigenvalue weighted by atomic mass is 32.2. The van der Waals surface area contributed by atoms with Gasteiger partial charge in [-0.2, -0.15) is 0 Å². The Hall–Kier alpha value is -1.32. The van der Waals surface area contributed by atoms with E-state index in [9.17, 15) is 4.39 Å². The molecule has 19 heavy (non-hydrogen) atoms. The monoisotopic (exact) mass is 275 g/mol. The smallest absolute Gasteiger partial charge is 0.124 e. The van der Waals surface area contributed by atoms with E-state index in [-0.39, 0.29) is 5.82 Å². The first-order valence-electron chi connectivity index (χ1n) is 6.40. The predicted molar refractivity (Wildman–Crippen MR) is 78.9 cm³/mol. The van der Waals surface area contributed by atoms with E-state index in [1.54, 1.807) is 23.9 Å². The Kier molecular flexibility index (Phi) is 5.00. The van der Waals surface area contributed by atoms with Gasteiger partial charge < -0.3 is 5.32 Å². The third-order valence-electron chi connectivity index (χ3n) is 2.70. The van der Waals surface area contributed by atoms with E-state index < -0.39 is 0 Å². The zero-order chi connectivity index (χ0) is 13.7. The molecule has 0 spiro atoms. The van der Waals surface area contributed by atoms with Crippen molar-refractivity contribution in [1.29, 1.82) is 0 Å². The Bertz CT molecular complexity index is 540. The summed E-state index contributed by atoms with van der Waals surface area (Å²) < 4.78 is 13.2.